The summed E-state index contributed by atoms with van der Waals surface area (Å²) in [6, 6.07) is 9.61. The van der Waals surface area contributed by atoms with Gasteiger partial charge in [0.15, 0.2) is 0 Å². The average Bonchev–Trinajstić information content (AvgIpc) is 3.14. The second-order valence-corrected chi connectivity index (χ2v) is 9.94. The Morgan fingerprint density at radius 2 is 1.90 bits per heavy atom. The van der Waals surface area contributed by atoms with Crippen LogP contribution in [0.4, 0.5) is 30.5 Å². The first-order chi connectivity index (χ1) is 18.8. The Morgan fingerprint density at radius 3 is 2.67 bits per heavy atom. The van der Waals surface area contributed by atoms with E-state index in [0.717, 1.165) is 37.8 Å². The van der Waals surface area contributed by atoms with Crippen LogP contribution < -0.4 is 20.7 Å². The molecule has 1 saturated carbocycles. The number of alkyl halides is 3. The van der Waals surface area contributed by atoms with Gasteiger partial charge in [-0.1, -0.05) is 36.9 Å². The number of carbonyl (C=O) groups is 1. The predicted octanol–water partition coefficient (Wildman–Crippen LogP) is 7.33. The highest BCUT2D eigenvalue weighted by Gasteiger charge is 2.30. The summed E-state index contributed by atoms with van der Waals surface area (Å²) in [6.07, 6.45) is 4.75. The molecule has 2 aliphatic rings. The molecule has 2 aromatic carbocycles. The number of benzene rings is 2. The zero-order valence-electron chi connectivity index (χ0n) is 20.9. The molecular weight excluding hydrogens is 531 g/mol. The van der Waals surface area contributed by atoms with Crippen molar-refractivity contribution in [3.63, 3.8) is 0 Å². The lowest BCUT2D eigenvalue weighted by Gasteiger charge is -2.23. The van der Waals surface area contributed by atoms with Gasteiger partial charge in [-0.25, -0.2) is 9.97 Å². The van der Waals surface area contributed by atoms with E-state index in [9.17, 15) is 18.0 Å². The van der Waals surface area contributed by atoms with Crippen molar-refractivity contribution in [2.75, 3.05) is 17.2 Å². The van der Waals surface area contributed by atoms with Crippen LogP contribution in [0.25, 0.3) is 6.08 Å². The van der Waals surface area contributed by atoms with E-state index in [-0.39, 0.29) is 28.5 Å². The third-order valence-corrected chi connectivity index (χ3v) is 7.00. The topological polar surface area (TPSA) is 88.2 Å². The summed E-state index contributed by atoms with van der Waals surface area (Å²) in [7, 11) is 0. The van der Waals surface area contributed by atoms with Crippen molar-refractivity contribution in [2.45, 2.75) is 50.7 Å². The Morgan fingerprint density at radius 1 is 1.08 bits per heavy atom. The molecule has 204 valence electrons. The molecule has 1 aliphatic carbocycles. The molecule has 1 aliphatic heterocycles. The predicted molar refractivity (Wildman–Crippen MR) is 144 cm³/mol. The van der Waals surface area contributed by atoms with E-state index in [2.05, 4.69) is 25.9 Å². The zero-order chi connectivity index (χ0) is 27.4. The third kappa shape index (κ3) is 6.62. The number of carbonyl (C=O) groups excluding carboxylic acids is 1. The summed E-state index contributed by atoms with van der Waals surface area (Å²) in [5, 5.41) is 9.82. The van der Waals surface area contributed by atoms with Crippen molar-refractivity contribution in [1.82, 2.24) is 15.3 Å². The van der Waals surface area contributed by atoms with Crippen molar-refractivity contribution in [3.8, 4) is 11.5 Å². The maximum absolute atomic E-state index is 13.0. The van der Waals surface area contributed by atoms with Crippen molar-refractivity contribution in [1.29, 1.82) is 0 Å². The standard InChI is InChI=1S/C28H27ClF3N5O2/c29-23-15-20(9-10-24(23)39-21-8-4-5-18(14-21)28(30,31)32)36-26-22-13-17(11-12-33-25(22)34-16-35-26)27(38)37-19-6-2-1-3-7-19/h4-5,8-10,13-16,19H,1-3,6-7,11-12H2,(H,37,38)(H2,33,34,35,36). The van der Waals surface area contributed by atoms with Crippen molar-refractivity contribution in [3.05, 3.63) is 70.5 Å². The molecule has 3 N–H and O–H groups in total. The Bertz CT molecular complexity index is 1390. The van der Waals surface area contributed by atoms with Crippen molar-refractivity contribution < 1.29 is 22.7 Å². The quantitative estimate of drug-likeness (QED) is 0.294. The molecule has 1 aromatic heterocycles. The minimum absolute atomic E-state index is 0.0174. The summed E-state index contributed by atoms with van der Waals surface area (Å²) in [4.78, 5) is 21.7. The van der Waals surface area contributed by atoms with Gasteiger partial charge in [0.1, 0.15) is 29.5 Å². The SMILES string of the molecule is O=C(NC1CCCCC1)C1=Cc2c(ncnc2Nc2ccc(Oc3cccc(C(F)(F)F)c3)c(Cl)c2)NCC1. The molecule has 3 aromatic rings. The molecule has 0 spiro atoms. The monoisotopic (exact) mass is 557 g/mol. The minimum atomic E-state index is -4.48. The largest absolute Gasteiger partial charge is 0.456 e. The van der Waals surface area contributed by atoms with Crippen LogP contribution in [0.5, 0.6) is 11.5 Å². The summed E-state index contributed by atoms with van der Waals surface area (Å²) in [5.41, 5.74) is 1.05. The first-order valence-corrected chi connectivity index (χ1v) is 13.2. The van der Waals surface area contributed by atoms with Gasteiger partial charge in [0.05, 0.1) is 16.1 Å². The Kier molecular flexibility index (Phi) is 7.92. The van der Waals surface area contributed by atoms with E-state index in [1.807, 2.05) is 6.08 Å². The second kappa shape index (κ2) is 11.5. The lowest BCUT2D eigenvalue weighted by Crippen LogP contribution is -2.37. The van der Waals surface area contributed by atoms with Gasteiger partial charge in [-0.05, 0) is 61.7 Å². The summed E-state index contributed by atoms with van der Waals surface area (Å²) < 4.78 is 44.7. The number of nitrogens with zero attached hydrogens (tertiary/aromatic N) is 2. The fraction of sp³-hybridized carbons (Fsp3) is 0.321. The molecule has 0 atom stereocenters. The normalized spacial score (nSPS) is 15.8. The first-order valence-electron chi connectivity index (χ1n) is 12.8. The fourth-order valence-corrected chi connectivity index (χ4v) is 4.92. The Labute approximate surface area is 228 Å². The first kappa shape index (κ1) is 26.8. The summed E-state index contributed by atoms with van der Waals surface area (Å²) in [5.74, 6) is 1.21. The summed E-state index contributed by atoms with van der Waals surface area (Å²) in [6.45, 7) is 0.556. The molecule has 7 nitrogen and oxygen atoms in total. The van der Waals surface area contributed by atoms with Gasteiger partial charge in [-0.2, -0.15) is 13.2 Å². The number of aromatic nitrogens is 2. The van der Waals surface area contributed by atoms with Gasteiger partial charge >= 0.3 is 6.18 Å². The van der Waals surface area contributed by atoms with E-state index in [4.69, 9.17) is 16.3 Å². The van der Waals surface area contributed by atoms with Crippen LogP contribution in [0.2, 0.25) is 5.02 Å². The number of fused-ring (bicyclic) bond motifs is 1. The zero-order valence-corrected chi connectivity index (χ0v) is 21.7. The second-order valence-electron chi connectivity index (χ2n) is 9.54. The maximum atomic E-state index is 13.0. The molecule has 0 bridgehead atoms. The number of halogens is 4. The smallest absolute Gasteiger partial charge is 0.416 e. The van der Waals surface area contributed by atoms with Gasteiger partial charge in [-0.15, -0.1) is 0 Å². The molecular formula is C28H27ClF3N5O2. The number of amides is 1. The van der Waals surface area contributed by atoms with E-state index in [0.29, 0.717) is 41.4 Å². The van der Waals surface area contributed by atoms with Crippen LogP contribution in [0, 0.1) is 0 Å². The molecule has 11 heteroatoms. The van der Waals surface area contributed by atoms with Crippen LogP contribution in [0.15, 0.2) is 54.4 Å². The van der Waals surface area contributed by atoms with E-state index >= 15 is 0 Å². The third-order valence-electron chi connectivity index (χ3n) is 6.71. The van der Waals surface area contributed by atoms with E-state index in [1.165, 1.54) is 24.9 Å². The number of hydrogen-bond donors (Lipinski definition) is 3. The summed E-state index contributed by atoms with van der Waals surface area (Å²) >= 11 is 6.40. The molecule has 0 unspecified atom stereocenters. The van der Waals surface area contributed by atoms with Crippen LogP contribution >= 0.6 is 11.6 Å². The molecule has 39 heavy (non-hydrogen) atoms. The van der Waals surface area contributed by atoms with Crippen LogP contribution in [-0.2, 0) is 11.0 Å². The van der Waals surface area contributed by atoms with Crippen molar-refractivity contribution >= 4 is 40.9 Å². The van der Waals surface area contributed by atoms with Crippen LogP contribution in [-0.4, -0.2) is 28.5 Å². The number of rotatable bonds is 6. The van der Waals surface area contributed by atoms with E-state index in [1.54, 1.807) is 18.2 Å². The van der Waals surface area contributed by atoms with Gasteiger partial charge in [0, 0.05) is 23.8 Å². The van der Waals surface area contributed by atoms with Gasteiger partial charge in [-0.3, -0.25) is 4.79 Å². The fourth-order valence-electron chi connectivity index (χ4n) is 4.70. The highest BCUT2D eigenvalue weighted by atomic mass is 35.5. The number of nitrogens with one attached hydrogen (secondary N) is 3. The molecule has 2 heterocycles. The highest BCUT2D eigenvalue weighted by molar-refractivity contribution is 6.32. The Balaban J connectivity index is 1.34. The lowest BCUT2D eigenvalue weighted by molar-refractivity contribution is -0.137. The van der Waals surface area contributed by atoms with Gasteiger partial charge < -0.3 is 20.7 Å². The van der Waals surface area contributed by atoms with E-state index < -0.39 is 11.7 Å². The average molecular weight is 558 g/mol. The number of hydrogen-bond acceptors (Lipinski definition) is 6. The molecule has 0 saturated heterocycles. The Hall–Kier alpha value is -3.79. The van der Waals surface area contributed by atoms with Crippen LogP contribution in [0.3, 0.4) is 0 Å². The van der Waals surface area contributed by atoms with Crippen molar-refractivity contribution in [2.24, 2.45) is 0 Å². The molecule has 5 rings (SSSR count). The lowest BCUT2D eigenvalue weighted by atomic mass is 9.95. The molecule has 1 amide bonds. The van der Waals surface area contributed by atoms with Gasteiger partial charge in [0.25, 0.3) is 0 Å². The van der Waals surface area contributed by atoms with Gasteiger partial charge in [0.2, 0.25) is 5.91 Å². The van der Waals surface area contributed by atoms with Crippen LogP contribution in [0.1, 0.15) is 49.7 Å². The maximum Gasteiger partial charge on any atom is 0.416 e. The number of anilines is 3. The molecule has 0 radical (unpaired) electrons. The molecule has 1 fully saturated rings. The number of ether oxygens (including phenoxy) is 1. The minimum Gasteiger partial charge on any atom is -0.456 e. The highest BCUT2D eigenvalue weighted by Crippen LogP contribution is 2.36.